The third-order valence-corrected chi connectivity index (χ3v) is 4.33. The van der Waals surface area contributed by atoms with E-state index in [0.29, 0.717) is 16.8 Å². The lowest BCUT2D eigenvalue weighted by Gasteiger charge is -2.11. The highest BCUT2D eigenvalue weighted by Gasteiger charge is 2.06. The number of benzene rings is 2. The zero-order chi connectivity index (χ0) is 15.2. The summed E-state index contributed by atoms with van der Waals surface area (Å²) < 4.78 is 20.4. The van der Waals surface area contributed by atoms with Crippen molar-refractivity contribution in [3.8, 4) is 5.75 Å². The molecule has 0 bridgehead atoms. The van der Waals surface area contributed by atoms with E-state index in [0.717, 1.165) is 23.1 Å². The molecule has 0 aliphatic rings. The monoisotopic (exact) mass is 415 g/mol. The highest BCUT2D eigenvalue weighted by Crippen LogP contribution is 2.27. The zero-order valence-electron chi connectivity index (χ0n) is 11.6. The van der Waals surface area contributed by atoms with Crippen LogP contribution in [0.5, 0.6) is 5.75 Å². The Hall–Kier alpha value is -0.910. The summed E-state index contributed by atoms with van der Waals surface area (Å²) in [7, 11) is 0. The number of rotatable bonds is 6. The fourth-order valence-corrected chi connectivity index (χ4v) is 2.84. The SMILES string of the molecule is CCNCc1ccc(COc2ccc(F)cc2Br)c(Br)c1. The fourth-order valence-electron chi connectivity index (χ4n) is 1.83. The average molecular weight is 417 g/mol. The maximum absolute atomic E-state index is 13.0. The van der Waals surface area contributed by atoms with Crippen LogP contribution in [0.25, 0.3) is 0 Å². The van der Waals surface area contributed by atoms with Crippen molar-refractivity contribution >= 4 is 31.9 Å². The molecule has 21 heavy (non-hydrogen) atoms. The van der Waals surface area contributed by atoms with E-state index in [4.69, 9.17) is 4.74 Å². The van der Waals surface area contributed by atoms with E-state index >= 15 is 0 Å². The third-order valence-electron chi connectivity index (χ3n) is 2.97. The lowest BCUT2D eigenvalue weighted by atomic mass is 10.1. The minimum Gasteiger partial charge on any atom is -0.488 e. The molecule has 5 heteroatoms. The molecule has 2 nitrogen and oxygen atoms in total. The van der Waals surface area contributed by atoms with Gasteiger partial charge in [-0.2, -0.15) is 0 Å². The third kappa shape index (κ3) is 4.80. The van der Waals surface area contributed by atoms with Gasteiger partial charge in [0.25, 0.3) is 0 Å². The second kappa shape index (κ2) is 7.92. The summed E-state index contributed by atoms with van der Waals surface area (Å²) in [5.41, 5.74) is 2.27. The number of ether oxygens (including phenoxy) is 1. The molecule has 0 spiro atoms. The van der Waals surface area contributed by atoms with Crippen molar-refractivity contribution in [1.82, 2.24) is 5.32 Å². The highest BCUT2D eigenvalue weighted by atomic mass is 79.9. The minimum absolute atomic E-state index is 0.289. The Morgan fingerprint density at radius 1 is 1.10 bits per heavy atom. The first-order valence-corrected chi connectivity index (χ1v) is 8.24. The molecule has 0 fully saturated rings. The molecule has 0 radical (unpaired) electrons. The molecule has 2 aromatic rings. The molecule has 0 aliphatic heterocycles. The molecule has 0 amide bonds. The Morgan fingerprint density at radius 3 is 2.57 bits per heavy atom. The molecule has 0 aromatic heterocycles. The summed E-state index contributed by atoms with van der Waals surface area (Å²) in [5.74, 6) is 0.336. The Kier molecular flexibility index (Phi) is 6.21. The molecule has 2 aromatic carbocycles. The topological polar surface area (TPSA) is 21.3 Å². The molecule has 0 saturated heterocycles. The van der Waals surface area contributed by atoms with Gasteiger partial charge >= 0.3 is 0 Å². The molecule has 0 heterocycles. The van der Waals surface area contributed by atoms with E-state index in [2.05, 4.69) is 56.2 Å². The van der Waals surface area contributed by atoms with Gasteiger partial charge in [0.05, 0.1) is 4.47 Å². The van der Waals surface area contributed by atoms with Gasteiger partial charge in [0.2, 0.25) is 0 Å². The van der Waals surface area contributed by atoms with E-state index in [-0.39, 0.29) is 5.82 Å². The van der Waals surface area contributed by atoms with Gasteiger partial charge in [0, 0.05) is 16.6 Å². The van der Waals surface area contributed by atoms with Crippen LogP contribution in [-0.4, -0.2) is 6.54 Å². The van der Waals surface area contributed by atoms with Gasteiger partial charge in [-0.1, -0.05) is 35.0 Å². The average Bonchev–Trinajstić information content (AvgIpc) is 2.45. The summed E-state index contributed by atoms with van der Waals surface area (Å²) >= 11 is 6.86. The molecule has 1 N–H and O–H groups in total. The first kappa shape index (κ1) is 16.5. The molecule has 2 rings (SSSR count). The number of halogens is 3. The lowest BCUT2D eigenvalue weighted by Crippen LogP contribution is -2.11. The second-order valence-electron chi connectivity index (χ2n) is 4.57. The number of hydrogen-bond acceptors (Lipinski definition) is 2. The predicted octanol–water partition coefficient (Wildman–Crippen LogP) is 5.04. The first-order chi connectivity index (χ1) is 10.1. The van der Waals surface area contributed by atoms with Crippen LogP contribution in [0.2, 0.25) is 0 Å². The summed E-state index contributed by atoms with van der Waals surface area (Å²) in [5, 5.41) is 3.29. The van der Waals surface area contributed by atoms with Crippen molar-refractivity contribution in [1.29, 1.82) is 0 Å². The molecular formula is C16H16Br2FNO. The first-order valence-electron chi connectivity index (χ1n) is 6.66. The van der Waals surface area contributed by atoms with Crippen molar-refractivity contribution in [2.75, 3.05) is 6.54 Å². The van der Waals surface area contributed by atoms with Crippen LogP contribution in [0.3, 0.4) is 0 Å². The van der Waals surface area contributed by atoms with Crippen LogP contribution >= 0.6 is 31.9 Å². The Balaban J connectivity index is 2.02. The Bertz CT molecular complexity index is 619. The molecule has 112 valence electrons. The normalized spacial score (nSPS) is 10.7. The van der Waals surface area contributed by atoms with Crippen LogP contribution in [0.1, 0.15) is 18.1 Å². The zero-order valence-corrected chi connectivity index (χ0v) is 14.8. The van der Waals surface area contributed by atoms with Crippen LogP contribution in [-0.2, 0) is 13.2 Å². The molecule has 0 atom stereocenters. The number of nitrogens with one attached hydrogen (secondary N) is 1. The van der Waals surface area contributed by atoms with Crippen LogP contribution in [0.4, 0.5) is 4.39 Å². The minimum atomic E-state index is -0.289. The Morgan fingerprint density at radius 2 is 1.90 bits per heavy atom. The predicted molar refractivity (Wildman–Crippen MR) is 90.0 cm³/mol. The highest BCUT2D eigenvalue weighted by molar-refractivity contribution is 9.10. The number of hydrogen-bond donors (Lipinski definition) is 1. The second-order valence-corrected chi connectivity index (χ2v) is 6.28. The van der Waals surface area contributed by atoms with Gasteiger partial charge in [-0.25, -0.2) is 4.39 Å². The van der Waals surface area contributed by atoms with E-state index in [1.165, 1.54) is 17.7 Å². The maximum atomic E-state index is 13.0. The van der Waals surface area contributed by atoms with E-state index < -0.39 is 0 Å². The van der Waals surface area contributed by atoms with Gasteiger partial charge in [0.1, 0.15) is 18.2 Å². The summed E-state index contributed by atoms with van der Waals surface area (Å²) in [6, 6.07) is 10.6. The van der Waals surface area contributed by atoms with Gasteiger partial charge < -0.3 is 10.1 Å². The van der Waals surface area contributed by atoms with Crippen molar-refractivity contribution in [3.05, 3.63) is 62.3 Å². The lowest BCUT2D eigenvalue weighted by molar-refractivity contribution is 0.303. The summed E-state index contributed by atoms with van der Waals surface area (Å²) in [4.78, 5) is 0. The molecule has 0 aliphatic carbocycles. The smallest absolute Gasteiger partial charge is 0.134 e. The van der Waals surface area contributed by atoms with Gasteiger partial charge in [-0.05, 0) is 52.3 Å². The Labute approximate surface area is 141 Å². The quantitative estimate of drug-likeness (QED) is 0.712. The summed E-state index contributed by atoms with van der Waals surface area (Å²) in [6.07, 6.45) is 0. The van der Waals surface area contributed by atoms with Crippen LogP contribution < -0.4 is 10.1 Å². The van der Waals surface area contributed by atoms with Gasteiger partial charge in [-0.3, -0.25) is 0 Å². The standard InChI is InChI=1S/C16H16Br2FNO/c1-2-20-9-11-3-4-12(14(17)7-11)10-21-16-6-5-13(19)8-15(16)18/h3-8,20H,2,9-10H2,1H3. The molecule has 0 saturated carbocycles. The van der Waals surface area contributed by atoms with E-state index in [1.54, 1.807) is 6.07 Å². The van der Waals surface area contributed by atoms with Crippen molar-refractivity contribution < 1.29 is 9.13 Å². The van der Waals surface area contributed by atoms with Gasteiger partial charge in [-0.15, -0.1) is 0 Å². The van der Waals surface area contributed by atoms with Crippen molar-refractivity contribution in [3.63, 3.8) is 0 Å². The van der Waals surface area contributed by atoms with Gasteiger partial charge in [0.15, 0.2) is 0 Å². The van der Waals surface area contributed by atoms with Crippen LogP contribution in [0, 0.1) is 5.82 Å². The maximum Gasteiger partial charge on any atom is 0.134 e. The fraction of sp³-hybridized carbons (Fsp3) is 0.250. The largest absolute Gasteiger partial charge is 0.488 e. The van der Waals surface area contributed by atoms with E-state index in [9.17, 15) is 4.39 Å². The summed E-state index contributed by atoms with van der Waals surface area (Å²) in [6.45, 7) is 4.30. The van der Waals surface area contributed by atoms with E-state index in [1.807, 2.05) is 6.07 Å². The van der Waals surface area contributed by atoms with Crippen molar-refractivity contribution in [2.45, 2.75) is 20.1 Å². The molecule has 0 unspecified atom stereocenters. The molecular weight excluding hydrogens is 401 g/mol. The van der Waals surface area contributed by atoms with Crippen molar-refractivity contribution in [2.24, 2.45) is 0 Å². The van der Waals surface area contributed by atoms with Crippen LogP contribution in [0.15, 0.2) is 45.3 Å².